The molecule has 1 fully saturated rings. The highest BCUT2D eigenvalue weighted by atomic mass is 19.1. The zero-order chi connectivity index (χ0) is 21.1. The predicted molar refractivity (Wildman–Crippen MR) is 110 cm³/mol. The van der Waals surface area contributed by atoms with Crippen LogP contribution in [0.1, 0.15) is 0 Å². The smallest absolute Gasteiger partial charge is 0.332 e. The second-order valence-corrected chi connectivity index (χ2v) is 6.54. The summed E-state index contributed by atoms with van der Waals surface area (Å²) in [7, 11) is 0. The summed E-state index contributed by atoms with van der Waals surface area (Å²) in [6.07, 6.45) is 1.49. The number of nitrogen functional groups attached to an aromatic ring is 1. The Morgan fingerprint density at radius 2 is 1.87 bits per heavy atom. The van der Waals surface area contributed by atoms with Crippen molar-refractivity contribution >= 4 is 29.3 Å². The first-order chi connectivity index (χ1) is 14.5. The van der Waals surface area contributed by atoms with Crippen LogP contribution in [0.15, 0.2) is 66.9 Å². The first kappa shape index (κ1) is 19.2. The number of urea groups is 2. The van der Waals surface area contributed by atoms with Crippen LogP contribution in [0.2, 0.25) is 0 Å². The molecule has 3 aromatic rings. The quantitative estimate of drug-likeness (QED) is 0.679. The molecule has 1 saturated heterocycles. The lowest BCUT2D eigenvalue weighted by atomic mass is 10.3. The van der Waals surface area contributed by atoms with Crippen molar-refractivity contribution < 1.29 is 18.7 Å². The van der Waals surface area contributed by atoms with Crippen LogP contribution in [-0.2, 0) is 0 Å². The molecule has 0 spiro atoms. The summed E-state index contributed by atoms with van der Waals surface area (Å²) in [4.78, 5) is 31.7. The Hall–Kier alpha value is -4.14. The highest BCUT2D eigenvalue weighted by molar-refractivity contribution is 6.08. The number of carbonyl (C=O) groups is 2. The molecule has 0 radical (unpaired) electrons. The van der Waals surface area contributed by atoms with E-state index in [0.29, 0.717) is 35.2 Å². The van der Waals surface area contributed by atoms with Gasteiger partial charge in [0.05, 0.1) is 12.7 Å². The van der Waals surface area contributed by atoms with Crippen LogP contribution < -0.4 is 20.7 Å². The Morgan fingerprint density at radius 3 is 2.60 bits per heavy atom. The Balaban J connectivity index is 1.42. The Labute approximate surface area is 171 Å². The van der Waals surface area contributed by atoms with Gasteiger partial charge in [-0.05, 0) is 48.5 Å². The number of ether oxygens (including phenoxy) is 1. The van der Waals surface area contributed by atoms with Crippen LogP contribution in [-0.4, -0.2) is 35.0 Å². The van der Waals surface area contributed by atoms with E-state index in [0.717, 1.165) is 4.90 Å². The summed E-state index contributed by atoms with van der Waals surface area (Å²) >= 11 is 0. The van der Waals surface area contributed by atoms with E-state index in [1.165, 1.54) is 35.4 Å². The number of hydrogen-bond acceptors (Lipinski definition) is 5. The molecule has 4 rings (SSSR count). The second-order valence-electron chi connectivity index (χ2n) is 6.54. The van der Waals surface area contributed by atoms with Crippen LogP contribution in [0.4, 0.5) is 31.2 Å². The number of halogens is 1. The molecule has 30 heavy (non-hydrogen) atoms. The van der Waals surface area contributed by atoms with E-state index in [-0.39, 0.29) is 6.54 Å². The van der Waals surface area contributed by atoms with Crippen LogP contribution in [0.3, 0.4) is 0 Å². The number of amides is 4. The largest absolute Gasteiger partial charge is 0.456 e. The maximum Gasteiger partial charge on any atom is 0.332 e. The van der Waals surface area contributed by atoms with Crippen molar-refractivity contribution in [3.8, 4) is 11.5 Å². The van der Waals surface area contributed by atoms with Gasteiger partial charge < -0.3 is 15.8 Å². The summed E-state index contributed by atoms with van der Waals surface area (Å²) in [6.45, 7) is 0.542. The summed E-state index contributed by atoms with van der Waals surface area (Å²) in [5.74, 6) is 0.975. The average molecular weight is 407 g/mol. The second kappa shape index (κ2) is 8.08. The van der Waals surface area contributed by atoms with Gasteiger partial charge in [-0.3, -0.25) is 4.90 Å². The number of benzene rings is 2. The van der Waals surface area contributed by atoms with Crippen molar-refractivity contribution in [3.05, 3.63) is 72.7 Å². The van der Waals surface area contributed by atoms with E-state index < -0.39 is 17.9 Å². The lowest BCUT2D eigenvalue weighted by Crippen LogP contribution is -2.39. The number of anilines is 3. The van der Waals surface area contributed by atoms with Crippen molar-refractivity contribution in [1.29, 1.82) is 0 Å². The lowest BCUT2D eigenvalue weighted by molar-refractivity contribution is 0.209. The minimum atomic E-state index is -0.559. The number of pyridine rings is 1. The van der Waals surface area contributed by atoms with Crippen molar-refractivity contribution in [2.24, 2.45) is 0 Å². The van der Waals surface area contributed by atoms with Crippen molar-refractivity contribution in [2.45, 2.75) is 0 Å². The number of nitrogens with one attached hydrogen (secondary N) is 1. The van der Waals surface area contributed by atoms with Crippen molar-refractivity contribution in [1.82, 2.24) is 9.88 Å². The van der Waals surface area contributed by atoms with Gasteiger partial charge in [0.2, 0.25) is 0 Å². The third-order valence-corrected chi connectivity index (χ3v) is 4.47. The van der Waals surface area contributed by atoms with Gasteiger partial charge in [-0.1, -0.05) is 6.07 Å². The topological polar surface area (TPSA) is 101 Å². The SMILES string of the molecule is Nc1ccc(Oc2cccc(NC(=O)N3CCN(c4ccc(F)cc4)C3=O)c2)cn1. The number of nitrogens with zero attached hydrogens (tertiary/aromatic N) is 3. The minimum absolute atomic E-state index is 0.218. The van der Waals surface area contributed by atoms with Gasteiger partial charge in [-0.2, -0.15) is 0 Å². The first-order valence-electron chi connectivity index (χ1n) is 9.14. The number of hydrogen-bond donors (Lipinski definition) is 2. The monoisotopic (exact) mass is 407 g/mol. The van der Waals surface area contributed by atoms with Crippen LogP contribution in [0.5, 0.6) is 11.5 Å². The predicted octanol–water partition coefficient (Wildman–Crippen LogP) is 4.07. The van der Waals surface area contributed by atoms with E-state index >= 15 is 0 Å². The highest BCUT2D eigenvalue weighted by Crippen LogP contribution is 2.25. The summed E-state index contributed by atoms with van der Waals surface area (Å²) in [6, 6.07) is 14.6. The van der Waals surface area contributed by atoms with E-state index in [1.54, 1.807) is 36.4 Å². The van der Waals surface area contributed by atoms with Crippen LogP contribution >= 0.6 is 0 Å². The normalized spacial score (nSPS) is 13.4. The van der Waals surface area contributed by atoms with Crippen molar-refractivity contribution in [3.63, 3.8) is 0 Å². The first-order valence-corrected chi connectivity index (χ1v) is 9.14. The zero-order valence-electron chi connectivity index (χ0n) is 15.8. The Morgan fingerprint density at radius 1 is 1.07 bits per heavy atom. The number of carbonyl (C=O) groups excluding carboxylic acids is 2. The molecule has 3 N–H and O–H groups in total. The van der Waals surface area contributed by atoms with E-state index in [1.807, 2.05) is 0 Å². The van der Waals surface area contributed by atoms with E-state index in [9.17, 15) is 14.0 Å². The molecule has 0 bridgehead atoms. The molecule has 2 aromatic carbocycles. The lowest BCUT2D eigenvalue weighted by Gasteiger charge is -2.18. The van der Waals surface area contributed by atoms with Gasteiger partial charge in [0.1, 0.15) is 23.1 Å². The molecule has 152 valence electrons. The Bertz CT molecular complexity index is 1070. The summed E-state index contributed by atoms with van der Waals surface area (Å²) in [5.41, 5.74) is 6.56. The molecule has 9 heteroatoms. The number of imide groups is 1. The minimum Gasteiger partial charge on any atom is -0.456 e. The van der Waals surface area contributed by atoms with Crippen molar-refractivity contribution in [2.75, 3.05) is 29.0 Å². The van der Waals surface area contributed by atoms with Crippen LogP contribution in [0.25, 0.3) is 0 Å². The van der Waals surface area contributed by atoms with Gasteiger partial charge in [-0.15, -0.1) is 0 Å². The fraction of sp³-hybridized carbons (Fsp3) is 0.0952. The third kappa shape index (κ3) is 4.14. The molecule has 0 aliphatic carbocycles. The fourth-order valence-electron chi connectivity index (χ4n) is 3.00. The van der Waals surface area contributed by atoms with Crippen LogP contribution in [0, 0.1) is 5.82 Å². The molecule has 4 amide bonds. The van der Waals surface area contributed by atoms with Gasteiger partial charge in [0.15, 0.2) is 0 Å². The van der Waals surface area contributed by atoms with E-state index in [2.05, 4.69) is 10.3 Å². The molecular weight excluding hydrogens is 389 g/mol. The highest BCUT2D eigenvalue weighted by Gasteiger charge is 2.34. The number of nitrogens with two attached hydrogens (primary N) is 1. The molecular formula is C21H18FN5O3. The maximum absolute atomic E-state index is 13.1. The Kier molecular flexibility index (Phi) is 5.17. The zero-order valence-corrected chi connectivity index (χ0v) is 15.8. The standard InChI is InChI=1S/C21H18FN5O3/c22-14-4-6-16(7-5-14)26-10-11-27(21(26)29)20(28)25-15-2-1-3-17(12-15)30-18-8-9-19(23)24-13-18/h1-9,12-13H,10-11H2,(H2,23,24)(H,25,28). The molecule has 2 heterocycles. The molecule has 1 aliphatic rings. The maximum atomic E-state index is 13.1. The fourth-order valence-corrected chi connectivity index (χ4v) is 3.00. The molecule has 0 unspecified atom stereocenters. The number of aromatic nitrogens is 1. The van der Waals surface area contributed by atoms with Gasteiger partial charge in [-0.25, -0.2) is 23.9 Å². The van der Waals surface area contributed by atoms with Gasteiger partial charge in [0.25, 0.3) is 0 Å². The number of rotatable bonds is 4. The average Bonchev–Trinajstić information content (AvgIpc) is 3.12. The summed E-state index contributed by atoms with van der Waals surface area (Å²) < 4.78 is 18.8. The third-order valence-electron chi connectivity index (χ3n) is 4.47. The summed E-state index contributed by atoms with van der Waals surface area (Å²) in [5, 5.41) is 2.69. The molecule has 1 aliphatic heterocycles. The van der Waals surface area contributed by atoms with E-state index in [4.69, 9.17) is 10.5 Å². The molecule has 1 aromatic heterocycles. The van der Waals surface area contributed by atoms with Gasteiger partial charge >= 0.3 is 12.1 Å². The molecule has 8 nitrogen and oxygen atoms in total. The molecule has 0 saturated carbocycles. The van der Waals surface area contributed by atoms with Gasteiger partial charge in [0, 0.05) is 24.0 Å². The molecule has 0 atom stereocenters.